The zero-order valence-corrected chi connectivity index (χ0v) is 34.6. The maximum absolute atomic E-state index is 15.7. The number of imidazole rings is 1. The SMILES string of the molecule is Cc1nn(CCNC(=O)Nc2ccccn2)cc1-c1ccc(-c2cnc(C(=O)Nc3ccc(C(=O)N4CCN(C(=O)C5CC[N+](C)(C)CC5)CC4)c(Cl)c3)n2C)c(F)c1F. The van der Waals surface area contributed by atoms with Crippen LogP contribution in [0.5, 0.6) is 0 Å². The van der Waals surface area contributed by atoms with Gasteiger partial charge in [-0.05, 0) is 43.3 Å². The van der Waals surface area contributed by atoms with E-state index in [1.54, 1.807) is 48.5 Å². The number of carbonyl (C=O) groups excluding carboxylic acids is 4. The van der Waals surface area contributed by atoms with Gasteiger partial charge in [-0.15, -0.1) is 0 Å². The third kappa shape index (κ3) is 9.16. The lowest BCUT2D eigenvalue weighted by Gasteiger charge is -2.40. The quantitative estimate of drug-likeness (QED) is 0.158. The molecule has 7 rings (SSSR count). The van der Waals surface area contributed by atoms with Gasteiger partial charge in [0.2, 0.25) is 5.91 Å². The van der Waals surface area contributed by atoms with E-state index in [-0.39, 0.29) is 64.1 Å². The summed E-state index contributed by atoms with van der Waals surface area (Å²) in [6, 6.07) is 12.1. The van der Waals surface area contributed by atoms with Crippen LogP contribution in [-0.2, 0) is 18.4 Å². The van der Waals surface area contributed by atoms with Gasteiger partial charge in [0.1, 0.15) is 5.82 Å². The maximum atomic E-state index is 15.7. The molecule has 0 spiro atoms. The highest BCUT2D eigenvalue weighted by Gasteiger charge is 2.35. The molecule has 2 aliphatic rings. The average molecular weight is 843 g/mol. The van der Waals surface area contributed by atoms with Crippen molar-refractivity contribution in [1.82, 2.24) is 39.4 Å². The lowest BCUT2D eigenvalue weighted by atomic mass is 9.94. The van der Waals surface area contributed by atoms with Crippen molar-refractivity contribution in [3.8, 4) is 22.4 Å². The molecule has 2 saturated heterocycles. The Hall–Kier alpha value is -6.20. The Morgan fingerprint density at radius 2 is 1.58 bits per heavy atom. The van der Waals surface area contributed by atoms with Crippen molar-refractivity contribution in [3.05, 3.63) is 101 Å². The fourth-order valence-corrected chi connectivity index (χ4v) is 7.89. The number of hydrogen-bond acceptors (Lipinski definition) is 7. The molecule has 15 nitrogen and oxygen atoms in total. The summed E-state index contributed by atoms with van der Waals surface area (Å²) in [6.07, 6.45) is 6.15. The number of urea groups is 1. The molecular formula is C42H47ClF2N11O4+. The first-order chi connectivity index (χ1) is 28.7. The number of piperidine rings is 1. The molecule has 3 aromatic heterocycles. The zero-order chi connectivity index (χ0) is 42.7. The molecule has 3 N–H and O–H groups in total. The minimum absolute atomic E-state index is 0.00410. The number of aryl methyl sites for hydroxylation is 1. The molecular weight excluding hydrogens is 796 g/mol. The molecule has 5 heterocycles. The highest BCUT2D eigenvalue weighted by atomic mass is 35.5. The summed E-state index contributed by atoms with van der Waals surface area (Å²) < 4.78 is 35.3. The molecule has 0 bridgehead atoms. The van der Waals surface area contributed by atoms with E-state index in [0.717, 1.165) is 30.4 Å². The van der Waals surface area contributed by atoms with Gasteiger partial charge in [-0.3, -0.25) is 24.4 Å². The van der Waals surface area contributed by atoms with Crippen molar-refractivity contribution < 1.29 is 32.4 Å². The van der Waals surface area contributed by atoms with E-state index >= 15 is 8.78 Å². The van der Waals surface area contributed by atoms with Crippen LogP contribution in [-0.4, -0.2) is 122 Å². The van der Waals surface area contributed by atoms with Gasteiger partial charge < -0.3 is 29.5 Å². The largest absolute Gasteiger partial charge is 0.339 e. The van der Waals surface area contributed by atoms with Crippen LogP contribution in [0.25, 0.3) is 22.4 Å². The summed E-state index contributed by atoms with van der Waals surface area (Å²) >= 11 is 6.56. The molecule has 5 aromatic rings. The van der Waals surface area contributed by atoms with Crippen molar-refractivity contribution in [2.75, 3.05) is 70.5 Å². The number of likely N-dealkylation sites (tertiary alicyclic amines) is 1. The first-order valence-electron chi connectivity index (χ1n) is 19.7. The number of rotatable bonds is 10. The smallest absolute Gasteiger partial charge is 0.320 e. The number of carbonyl (C=O) groups is 4. The topological polar surface area (TPSA) is 159 Å². The third-order valence-electron chi connectivity index (χ3n) is 11.2. The van der Waals surface area contributed by atoms with E-state index in [4.69, 9.17) is 11.6 Å². The number of aromatic nitrogens is 5. The molecule has 5 amide bonds. The molecule has 18 heteroatoms. The van der Waals surface area contributed by atoms with Gasteiger partial charge in [-0.25, -0.2) is 23.5 Å². The van der Waals surface area contributed by atoms with Crippen molar-refractivity contribution in [3.63, 3.8) is 0 Å². The predicted molar refractivity (Wildman–Crippen MR) is 222 cm³/mol. The monoisotopic (exact) mass is 842 g/mol. The molecule has 2 fully saturated rings. The molecule has 60 heavy (non-hydrogen) atoms. The number of benzene rings is 2. The number of hydrogen-bond donors (Lipinski definition) is 3. The number of halogens is 3. The average Bonchev–Trinajstić information content (AvgIpc) is 3.80. The Morgan fingerprint density at radius 1 is 0.883 bits per heavy atom. The second kappa shape index (κ2) is 17.6. The summed E-state index contributed by atoms with van der Waals surface area (Å²) in [6.45, 7) is 5.80. The number of anilines is 2. The minimum atomic E-state index is -1.13. The first kappa shape index (κ1) is 41.9. The molecule has 0 unspecified atom stereocenters. The van der Waals surface area contributed by atoms with E-state index in [1.807, 2.05) is 4.90 Å². The van der Waals surface area contributed by atoms with Crippen LogP contribution >= 0.6 is 11.6 Å². The van der Waals surface area contributed by atoms with Crippen LogP contribution in [0.4, 0.5) is 25.1 Å². The standard InChI is InChI=1S/C42H46ClF2N11O4/c1-26-32(25-55(51-26)16-15-47-42(60)50-35-7-5-6-14-46-35)29-10-11-31(37(45)36(29)44)34-24-48-38(52(34)2)39(57)49-28-8-9-30(33(43)23-28)41(59)54-19-17-53(18-20-54)40(58)27-12-21-56(3,4)22-13-27/h5-11,14,23-25,27H,12-13,15-22H2,1-4H3,(H2-,46,47,49,50,57,59,60)/p+1. The number of pyridine rings is 1. The summed E-state index contributed by atoms with van der Waals surface area (Å²) in [4.78, 5) is 63.9. The molecule has 0 aliphatic carbocycles. The van der Waals surface area contributed by atoms with Crippen LogP contribution in [0.2, 0.25) is 5.02 Å². The van der Waals surface area contributed by atoms with Crippen molar-refractivity contribution in [2.45, 2.75) is 26.3 Å². The predicted octanol–water partition coefficient (Wildman–Crippen LogP) is 5.43. The van der Waals surface area contributed by atoms with Crippen molar-refractivity contribution in [1.29, 1.82) is 0 Å². The lowest BCUT2D eigenvalue weighted by Crippen LogP contribution is -2.54. The van der Waals surface area contributed by atoms with Crippen LogP contribution in [0.15, 0.2) is 67.1 Å². The van der Waals surface area contributed by atoms with Gasteiger partial charge in [0.25, 0.3) is 11.8 Å². The Balaban J connectivity index is 0.948. The van der Waals surface area contributed by atoms with Crippen molar-refractivity contribution in [2.24, 2.45) is 13.0 Å². The third-order valence-corrected chi connectivity index (χ3v) is 11.5. The van der Waals surface area contributed by atoms with Gasteiger partial charge >= 0.3 is 6.03 Å². The van der Waals surface area contributed by atoms with E-state index < -0.39 is 23.6 Å². The Bertz CT molecular complexity index is 2420. The van der Waals surface area contributed by atoms with Crippen LogP contribution in [0, 0.1) is 24.5 Å². The summed E-state index contributed by atoms with van der Waals surface area (Å²) in [5, 5.41) is 12.6. The summed E-state index contributed by atoms with van der Waals surface area (Å²) in [5.74, 6) is -2.62. The Morgan fingerprint density at radius 3 is 2.28 bits per heavy atom. The second-order valence-electron chi connectivity index (χ2n) is 15.7. The first-order valence-corrected chi connectivity index (χ1v) is 20.1. The molecule has 0 atom stereocenters. The molecule has 2 aliphatic heterocycles. The van der Waals surface area contributed by atoms with Gasteiger partial charge in [-0.2, -0.15) is 5.10 Å². The van der Waals surface area contributed by atoms with Gasteiger partial charge in [0.15, 0.2) is 17.5 Å². The van der Waals surface area contributed by atoms with E-state index in [2.05, 4.69) is 45.1 Å². The van der Waals surface area contributed by atoms with E-state index in [0.29, 0.717) is 48.9 Å². The number of nitrogens with zero attached hydrogens (tertiary/aromatic N) is 8. The van der Waals surface area contributed by atoms with Gasteiger partial charge in [-0.1, -0.05) is 23.7 Å². The van der Waals surface area contributed by atoms with Crippen LogP contribution in [0.1, 0.15) is 39.5 Å². The minimum Gasteiger partial charge on any atom is -0.339 e. The molecule has 314 valence electrons. The highest BCUT2D eigenvalue weighted by Crippen LogP contribution is 2.33. The van der Waals surface area contributed by atoms with Gasteiger partial charge in [0.05, 0.1) is 61.9 Å². The lowest BCUT2D eigenvalue weighted by molar-refractivity contribution is -0.895. The van der Waals surface area contributed by atoms with Crippen LogP contribution in [0.3, 0.4) is 0 Å². The number of piperazine rings is 1. The molecule has 0 saturated carbocycles. The number of amides is 5. The molecule has 0 radical (unpaired) electrons. The van der Waals surface area contributed by atoms with Crippen LogP contribution < -0.4 is 16.0 Å². The highest BCUT2D eigenvalue weighted by molar-refractivity contribution is 6.34. The van der Waals surface area contributed by atoms with Gasteiger partial charge in [0, 0.05) is 93.3 Å². The number of quaternary nitrogens is 1. The zero-order valence-electron chi connectivity index (χ0n) is 33.8. The summed E-state index contributed by atoms with van der Waals surface area (Å²) in [5.41, 5.74) is 1.45. The number of nitrogens with one attached hydrogen (secondary N) is 3. The van der Waals surface area contributed by atoms with E-state index in [9.17, 15) is 19.2 Å². The summed E-state index contributed by atoms with van der Waals surface area (Å²) in [7, 11) is 5.88. The van der Waals surface area contributed by atoms with E-state index in [1.165, 1.54) is 46.8 Å². The normalized spacial score (nSPS) is 15.4. The molecule has 2 aromatic carbocycles. The fourth-order valence-electron chi connectivity index (χ4n) is 7.63. The van der Waals surface area contributed by atoms with Crippen molar-refractivity contribution >= 4 is 46.9 Å². The Kier molecular flexibility index (Phi) is 12.3. The fraction of sp³-hybridized carbons (Fsp3) is 0.357. The Labute approximate surface area is 350 Å². The second-order valence-corrected chi connectivity index (χ2v) is 16.1. The maximum Gasteiger partial charge on any atom is 0.320 e.